The SMILES string of the molecule is C=C(C)C(=O)N[N+](CCC)(NC(=O)C(=C)C)NC(=O)C(=C)C. The van der Waals surface area contributed by atoms with Gasteiger partial charge in [-0.15, -0.1) is 16.3 Å². The normalized spacial score (nSPS) is 10.4. The van der Waals surface area contributed by atoms with Crippen LogP contribution in [-0.4, -0.2) is 29.1 Å². The number of hydrogen-bond acceptors (Lipinski definition) is 3. The number of hydrogen-bond donors (Lipinski definition) is 3. The van der Waals surface area contributed by atoms with E-state index in [9.17, 15) is 14.4 Å². The largest absolute Gasteiger partial charge is 0.295 e. The summed E-state index contributed by atoms with van der Waals surface area (Å²) in [5, 5.41) is 0. The predicted octanol–water partition coefficient (Wildman–Crippen LogP) is 1.04. The Hall–Kier alpha value is -2.41. The van der Waals surface area contributed by atoms with Gasteiger partial charge in [0.05, 0.1) is 0 Å². The number of quaternary nitrogens is 1. The van der Waals surface area contributed by atoms with Gasteiger partial charge >= 0.3 is 0 Å². The zero-order chi connectivity index (χ0) is 17.5. The third-order valence-electron chi connectivity index (χ3n) is 2.60. The monoisotopic (exact) mass is 309 g/mol. The number of nitrogens with one attached hydrogen (secondary N) is 3. The molecule has 0 fully saturated rings. The summed E-state index contributed by atoms with van der Waals surface area (Å²) in [7, 11) is 0. The average molecular weight is 309 g/mol. The van der Waals surface area contributed by atoms with Gasteiger partial charge in [-0.2, -0.15) is 0 Å². The molecule has 0 aromatic heterocycles. The third kappa shape index (κ3) is 5.92. The first-order valence-electron chi connectivity index (χ1n) is 6.87. The molecule has 0 aromatic rings. The van der Waals surface area contributed by atoms with Gasteiger partial charge in [-0.3, -0.25) is 14.4 Å². The Morgan fingerprint density at radius 3 is 1.23 bits per heavy atom. The van der Waals surface area contributed by atoms with E-state index in [1.165, 1.54) is 20.8 Å². The maximum absolute atomic E-state index is 12.0. The number of carbonyl (C=O) groups excluding carboxylic acids is 3. The molecule has 0 aliphatic rings. The molecule has 22 heavy (non-hydrogen) atoms. The molecule has 0 heterocycles. The third-order valence-corrected chi connectivity index (χ3v) is 2.60. The van der Waals surface area contributed by atoms with Crippen molar-refractivity contribution in [1.29, 1.82) is 0 Å². The maximum atomic E-state index is 12.0. The molecule has 7 nitrogen and oxygen atoms in total. The van der Waals surface area contributed by atoms with Crippen LogP contribution in [0.3, 0.4) is 0 Å². The van der Waals surface area contributed by atoms with Crippen LogP contribution < -0.4 is 16.3 Å². The summed E-state index contributed by atoms with van der Waals surface area (Å²) in [6.07, 6.45) is 0.573. The smallest absolute Gasteiger partial charge is 0.264 e. The molecule has 122 valence electrons. The summed E-state index contributed by atoms with van der Waals surface area (Å²) >= 11 is 0. The number of nitrogens with zero attached hydrogens (tertiary/aromatic N) is 1. The zero-order valence-electron chi connectivity index (χ0n) is 13.7. The van der Waals surface area contributed by atoms with Gasteiger partial charge in [-0.25, -0.2) is 0 Å². The number of rotatable bonds is 8. The predicted molar refractivity (Wildman–Crippen MR) is 84.3 cm³/mol. The highest BCUT2D eigenvalue weighted by atomic mass is 16.2. The molecule has 0 radical (unpaired) electrons. The van der Waals surface area contributed by atoms with Crippen molar-refractivity contribution >= 4 is 17.7 Å². The molecule has 0 atom stereocenters. The summed E-state index contributed by atoms with van der Waals surface area (Å²) in [5.74, 6) is -1.51. The highest BCUT2D eigenvalue weighted by molar-refractivity contribution is 5.94. The maximum Gasteiger partial charge on any atom is 0.295 e. The molecule has 3 amide bonds. The standard InChI is InChI=1S/C15H24N4O3/c1-8-9-19(16-13(20)10(2)3,17-14(21)11(4)5)18-15(22)12(6)7/h2,4,6,8-9H2,1,3,5,7H3,(H2-,16,17,18,20,21,22)/p+1. The van der Waals surface area contributed by atoms with Gasteiger partial charge in [0.15, 0.2) is 6.54 Å². The van der Waals surface area contributed by atoms with E-state index in [-0.39, 0.29) is 23.3 Å². The molecule has 0 unspecified atom stereocenters. The van der Waals surface area contributed by atoms with E-state index in [1.807, 2.05) is 6.92 Å². The van der Waals surface area contributed by atoms with Crippen LogP contribution in [0.5, 0.6) is 0 Å². The fraction of sp³-hybridized carbons (Fsp3) is 0.400. The molecule has 3 N–H and O–H groups in total. The topological polar surface area (TPSA) is 87.3 Å². The van der Waals surface area contributed by atoms with Crippen LogP contribution in [0.2, 0.25) is 0 Å². The molecule has 0 aromatic carbocycles. The number of carbonyl (C=O) groups is 3. The van der Waals surface area contributed by atoms with Gasteiger partial charge < -0.3 is 0 Å². The van der Waals surface area contributed by atoms with Gasteiger partial charge in [0.25, 0.3) is 17.7 Å². The second kappa shape index (κ2) is 8.14. The van der Waals surface area contributed by atoms with Crippen molar-refractivity contribution in [3.8, 4) is 0 Å². The molecule has 0 bridgehead atoms. The Morgan fingerprint density at radius 1 is 0.773 bits per heavy atom. The molecule has 0 saturated heterocycles. The van der Waals surface area contributed by atoms with E-state index in [4.69, 9.17) is 0 Å². The first kappa shape index (κ1) is 19.6. The summed E-state index contributed by atoms with van der Waals surface area (Å²) < 4.78 is 0. The molecule has 7 heteroatoms. The highest BCUT2D eigenvalue weighted by Crippen LogP contribution is 2.02. The van der Waals surface area contributed by atoms with Crippen LogP contribution >= 0.6 is 0 Å². The van der Waals surface area contributed by atoms with Gasteiger partial charge in [-0.05, 0) is 25.6 Å². The quantitative estimate of drug-likeness (QED) is 0.355. The summed E-state index contributed by atoms with van der Waals surface area (Å²) in [5.41, 5.74) is 8.40. The minimum atomic E-state index is -0.639. The van der Waals surface area contributed by atoms with Crippen LogP contribution in [0, 0.1) is 0 Å². The van der Waals surface area contributed by atoms with E-state index in [2.05, 4.69) is 36.0 Å². The Morgan fingerprint density at radius 2 is 1.05 bits per heavy atom. The van der Waals surface area contributed by atoms with Crippen molar-refractivity contribution in [3.63, 3.8) is 0 Å². The molecular weight excluding hydrogens is 284 g/mol. The lowest BCUT2D eigenvalue weighted by molar-refractivity contribution is -1.02. The van der Waals surface area contributed by atoms with Crippen molar-refractivity contribution < 1.29 is 19.2 Å². The van der Waals surface area contributed by atoms with Gasteiger partial charge in [0.1, 0.15) is 0 Å². The van der Waals surface area contributed by atoms with Crippen LogP contribution in [0.1, 0.15) is 34.1 Å². The Bertz CT molecular complexity index is 454. The Labute approximate surface area is 131 Å². The van der Waals surface area contributed by atoms with Crippen LogP contribution in [0.4, 0.5) is 0 Å². The van der Waals surface area contributed by atoms with Crippen LogP contribution in [0.15, 0.2) is 36.5 Å². The summed E-state index contributed by atoms with van der Waals surface area (Å²) in [6.45, 7) is 17.3. The Balaban J connectivity index is 5.60. The minimum absolute atomic E-state index is 0.233. The molecular formula is C15H25N4O3+. The van der Waals surface area contributed by atoms with Gasteiger partial charge in [0.2, 0.25) is 0 Å². The van der Waals surface area contributed by atoms with Gasteiger partial charge in [-0.1, -0.05) is 26.7 Å². The van der Waals surface area contributed by atoms with Crippen molar-refractivity contribution in [2.45, 2.75) is 34.1 Å². The van der Waals surface area contributed by atoms with Crippen molar-refractivity contribution in [2.75, 3.05) is 6.54 Å². The molecule has 0 rings (SSSR count). The first-order valence-corrected chi connectivity index (χ1v) is 6.87. The van der Waals surface area contributed by atoms with Crippen LogP contribution in [0.25, 0.3) is 0 Å². The molecule has 0 aliphatic heterocycles. The second-order valence-corrected chi connectivity index (χ2v) is 5.20. The van der Waals surface area contributed by atoms with E-state index in [0.717, 1.165) is 0 Å². The average Bonchev–Trinajstić information content (AvgIpc) is 2.38. The number of amides is 3. The second-order valence-electron chi connectivity index (χ2n) is 5.20. The Kier molecular flexibility index (Phi) is 7.24. The zero-order valence-corrected chi connectivity index (χ0v) is 13.7. The molecule has 0 saturated carbocycles. The van der Waals surface area contributed by atoms with Crippen molar-refractivity contribution in [1.82, 2.24) is 16.3 Å². The van der Waals surface area contributed by atoms with Gasteiger partial charge in [0, 0.05) is 23.1 Å². The van der Waals surface area contributed by atoms with E-state index < -0.39 is 22.5 Å². The molecule has 0 spiro atoms. The lowest BCUT2D eigenvalue weighted by Gasteiger charge is -2.35. The lowest BCUT2D eigenvalue weighted by atomic mass is 10.3. The minimum Gasteiger partial charge on any atom is -0.264 e. The van der Waals surface area contributed by atoms with Crippen molar-refractivity contribution in [3.05, 3.63) is 36.5 Å². The van der Waals surface area contributed by atoms with E-state index in [1.54, 1.807) is 0 Å². The van der Waals surface area contributed by atoms with E-state index >= 15 is 0 Å². The van der Waals surface area contributed by atoms with E-state index in [0.29, 0.717) is 6.42 Å². The first-order chi connectivity index (χ1) is 10.0. The fourth-order valence-corrected chi connectivity index (χ4v) is 1.39. The van der Waals surface area contributed by atoms with Crippen LogP contribution in [-0.2, 0) is 14.4 Å². The molecule has 0 aliphatic carbocycles. The highest BCUT2D eigenvalue weighted by Gasteiger charge is 2.35. The fourth-order valence-electron chi connectivity index (χ4n) is 1.39. The summed E-state index contributed by atoms with van der Waals surface area (Å²) in [6, 6.07) is 0. The van der Waals surface area contributed by atoms with Crippen molar-refractivity contribution in [2.24, 2.45) is 0 Å². The summed E-state index contributed by atoms with van der Waals surface area (Å²) in [4.78, 5) is 35.2. The lowest BCUT2D eigenvalue weighted by Crippen LogP contribution is -2.76.